The topological polar surface area (TPSA) is 32.3 Å². The Labute approximate surface area is 114 Å². The molecule has 2 N–H and O–H groups in total. The van der Waals surface area contributed by atoms with Crippen LogP contribution in [0.1, 0.15) is 49.3 Å². The molecule has 0 fully saturated rings. The van der Waals surface area contributed by atoms with Gasteiger partial charge in [0.05, 0.1) is 0 Å². The second-order valence-corrected chi connectivity index (χ2v) is 5.46. The molecule has 1 unspecified atom stereocenters. The SMILES string of the molecule is OCCCCCCNC1CCc2cc(Cl)ccc21. The first-order valence-electron chi connectivity index (χ1n) is 6.94. The number of fused-ring (bicyclic) bond motifs is 1. The van der Waals surface area contributed by atoms with Crippen LogP contribution in [0.3, 0.4) is 0 Å². The fourth-order valence-electron chi connectivity index (χ4n) is 2.66. The maximum absolute atomic E-state index is 8.70. The number of hydrogen-bond acceptors (Lipinski definition) is 2. The van der Waals surface area contributed by atoms with Crippen LogP contribution >= 0.6 is 11.6 Å². The van der Waals surface area contributed by atoms with Crippen molar-refractivity contribution in [3.8, 4) is 0 Å². The molecule has 18 heavy (non-hydrogen) atoms. The summed E-state index contributed by atoms with van der Waals surface area (Å²) in [5.74, 6) is 0. The Balaban J connectivity index is 1.73. The molecule has 1 aromatic rings. The first-order chi connectivity index (χ1) is 8.81. The molecule has 0 spiro atoms. The monoisotopic (exact) mass is 267 g/mol. The van der Waals surface area contributed by atoms with Gasteiger partial charge in [0.25, 0.3) is 0 Å². The highest BCUT2D eigenvalue weighted by Crippen LogP contribution is 2.32. The van der Waals surface area contributed by atoms with Crippen LogP contribution in [-0.4, -0.2) is 18.3 Å². The van der Waals surface area contributed by atoms with Gasteiger partial charge in [0.15, 0.2) is 0 Å². The molecule has 0 saturated heterocycles. The zero-order chi connectivity index (χ0) is 12.8. The number of halogens is 1. The van der Waals surface area contributed by atoms with E-state index in [9.17, 15) is 0 Å². The Hall–Kier alpha value is -0.570. The van der Waals surface area contributed by atoms with Crippen molar-refractivity contribution in [2.45, 2.75) is 44.6 Å². The molecular formula is C15H22ClNO. The van der Waals surface area contributed by atoms with Gasteiger partial charge in [-0.3, -0.25) is 0 Å². The van der Waals surface area contributed by atoms with E-state index in [1.165, 1.54) is 30.4 Å². The Kier molecular flexibility index (Phi) is 5.48. The fourth-order valence-corrected chi connectivity index (χ4v) is 2.86. The minimum absolute atomic E-state index is 0.324. The molecule has 0 radical (unpaired) electrons. The molecule has 1 atom stereocenters. The molecule has 3 heteroatoms. The molecule has 0 amide bonds. The minimum atomic E-state index is 0.324. The summed E-state index contributed by atoms with van der Waals surface area (Å²) in [5, 5.41) is 13.2. The smallest absolute Gasteiger partial charge is 0.0431 e. The molecule has 0 aromatic heterocycles. The Bertz CT molecular complexity index is 381. The largest absolute Gasteiger partial charge is 0.396 e. The molecule has 1 aliphatic rings. The summed E-state index contributed by atoms with van der Waals surface area (Å²) in [6.07, 6.45) is 6.79. The van der Waals surface area contributed by atoms with Gasteiger partial charge >= 0.3 is 0 Å². The van der Waals surface area contributed by atoms with Crippen LogP contribution < -0.4 is 5.32 Å². The van der Waals surface area contributed by atoms with Gasteiger partial charge in [0.2, 0.25) is 0 Å². The van der Waals surface area contributed by atoms with Crippen molar-refractivity contribution in [3.63, 3.8) is 0 Å². The number of benzene rings is 1. The van der Waals surface area contributed by atoms with Crippen molar-refractivity contribution < 1.29 is 5.11 Å². The molecular weight excluding hydrogens is 246 g/mol. The van der Waals surface area contributed by atoms with E-state index in [2.05, 4.69) is 17.4 Å². The second kappa shape index (κ2) is 7.13. The highest BCUT2D eigenvalue weighted by Gasteiger charge is 2.21. The van der Waals surface area contributed by atoms with Crippen LogP contribution in [0.5, 0.6) is 0 Å². The van der Waals surface area contributed by atoms with E-state index >= 15 is 0 Å². The van der Waals surface area contributed by atoms with E-state index in [0.717, 1.165) is 30.8 Å². The van der Waals surface area contributed by atoms with Gasteiger partial charge in [-0.1, -0.05) is 30.5 Å². The number of aryl methyl sites for hydroxylation is 1. The van der Waals surface area contributed by atoms with Gasteiger partial charge in [0, 0.05) is 17.7 Å². The summed E-state index contributed by atoms with van der Waals surface area (Å²) in [7, 11) is 0. The van der Waals surface area contributed by atoms with E-state index < -0.39 is 0 Å². The van der Waals surface area contributed by atoms with E-state index in [4.69, 9.17) is 16.7 Å². The predicted octanol–water partition coefficient (Wildman–Crippen LogP) is 3.47. The van der Waals surface area contributed by atoms with Crippen molar-refractivity contribution in [1.82, 2.24) is 5.32 Å². The van der Waals surface area contributed by atoms with Crippen molar-refractivity contribution in [2.24, 2.45) is 0 Å². The first-order valence-corrected chi connectivity index (χ1v) is 7.31. The van der Waals surface area contributed by atoms with Crippen LogP contribution in [0, 0.1) is 0 Å². The standard InChI is InChI=1S/C15H22ClNO/c16-13-6-7-14-12(11-13)5-8-15(14)17-9-3-1-2-4-10-18/h6-7,11,15,17-18H,1-5,8-10H2. The third kappa shape index (κ3) is 3.71. The quantitative estimate of drug-likeness (QED) is 0.742. The molecule has 2 rings (SSSR count). The predicted molar refractivity (Wildman–Crippen MR) is 76.1 cm³/mol. The zero-order valence-corrected chi connectivity index (χ0v) is 11.5. The molecule has 0 saturated carbocycles. The molecule has 100 valence electrons. The number of unbranched alkanes of at least 4 members (excludes halogenated alkanes) is 3. The van der Waals surface area contributed by atoms with Gasteiger partial charge in [-0.15, -0.1) is 0 Å². The van der Waals surface area contributed by atoms with Gasteiger partial charge in [-0.05, 0) is 55.5 Å². The third-order valence-corrected chi connectivity index (χ3v) is 3.89. The normalized spacial score (nSPS) is 18.0. The number of nitrogens with one attached hydrogen (secondary N) is 1. The molecule has 2 nitrogen and oxygen atoms in total. The van der Waals surface area contributed by atoms with Crippen LogP contribution in [0.15, 0.2) is 18.2 Å². The average Bonchev–Trinajstić information content (AvgIpc) is 2.76. The lowest BCUT2D eigenvalue weighted by Gasteiger charge is -2.14. The lowest BCUT2D eigenvalue weighted by molar-refractivity contribution is 0.282. The lowest BCUT2D eigenvalue weighted by atomic mass is 10.1. The minimum Gasteiger partial charge on any atom is -0.396 e. The summed E-state index contributed by atoms with van der Waals surface area (Å²) in [4.78, 5) is 0. The van der Waals surface area contributed by atoms with E-state index in [0.29, 0.717) is 12.6 Å². The van der Waals surface area contributed by atoms with E-state index in [1.807, 2.05) is 6.07 Å². The zero-order valence-electron chi connectivity index (χ0n) is 10.8. The summed E-state index contributed by atoms with van der Waals surface area (Å²) in [6, 6.07) is 6.75. The maximum Gasteiger partial charge on any atom is 0.0431 e. The number of aliphatic hydroxyl groups is 1. The Morgan fingerprint density at radius 3 is 2.89 bits per heavy atom. The van der Waals surface area contributed by atoms with E-state index in [-0.39, 0.29) is 0 Å². The molecule has 0 aliphatic heterocycles. The summed E-state index contributed by atoms with van der Waals surface area (Å²) in [5.41, 5.74) is 2.83. The van der Waals surface area contributed by atoms with Gasteiger partial charge in [-0.25, -0.2) is 0 Å². The van der Waals surface area contributed by atoms with Crippen molar-refractivity contribution >= 4 is 11.6 Å². The highest BCUT2D eigenvalue weighted by atomic mass is 35.5. The van der Waals surface area contributed by atoms with Crippen LogP contribution in [0.4, 0.5) is 0 Å². The number of rotatable bonds is 7. The van der Waals surface area contributed by atoms with Crippen LogP contribution in [-0.2, 0) is 6.42 Å². The van der Waals surface area contributed by atoms with Gasteiger partial charge in [-0.2, -0.15) is 0 Å². The van der Waals surface area contributed by atoms with Crippen LogP contribution in [0.25, 0.3) is 0 Å². The molecule has 1 aliphatic carbocycles. The number of aliphatic hydroxyl groups excluding tert-OH is 1. The van der Waals surface area contributed by atoms with Gasteiger partial charge in [0.1, 0.15) is 0 Å². The van der Waals surface area contributed by atoms with Crippen LogP contribution in [0.2, 0.25) is 5.02 Å². The Morgan fingerprint density at radius 1 is 1.22 bits per heavy atom. The van der Waals surface area contributed by atoms with E-state index in [1.54, 1.807) is 0 Å². The summed E-state index contributed by atoms with van der Waals surface area (Å²) >= 11 is 6.01. The molecule has 0 bridgehead atoms. The van der Waals surface area contributed by atoms with Crippen molar-refractivity contribution in [2.75, 3.05) is 13.2 Å². The molecule has 0 heterocycles. The fraction of sp³-hybridized carbons (Fsp3) is 0.600. The average molecular weight is 268 g/mol. The second-order valence-electron chi connectivity index (χ2n) is 5.03. The number of hydrogen-bond donors (Lipinski definition) is 2. The summed E-state index contributed by atoms with van der Waals surface area (Å²) in [6.45, 7) is 1.39. The highest BCUT2D eigenvalue weighted by molar-refractivity contribution is 6.30. The first kappa shape index (κ1) is 13.9. The third-order valence-electron chi connectivity index (χ3n) is 3.66. The van der Waals surface area contributed by atoms with Crippen molar-refractivity contribution in [3.05, 3.63) is 34.3 Å². The lowest BCUT2D eigenvalue weighted by Crippen LogP contribution is -2.20. The molecule has 1 aromatic carbocycles. The van der Waals surface area contributed by atoms with Crippen molar-refractivity contribution in [1.29, 1.82) is 0 Å². The maximum atomic E-state index is 8.70. The van der Waals surface area contributed by atoms with Gasteiger partial charge < -0.3 is 10.4 Å². The summed E-state index contributed by atoms with van der Waals surface area (Å²) < 4.78 is 0. The Morgan fingerprint density at radius 2 is 2.06 bits per heavy atom.